The van der Waals surface area contributed by atoms with Crippen molar-refractivity contribution in [2.75, 3.05) is 13.1 Å². The number of fused-ring (bicyclic) bond motifs is 1. The number of carbonyl (C=O) groups is 1. The monoisotopic (exact) mass is 248 g/mol. The van der Waals surface area contributed by atoms with Crippen molar-refractivity contribution in [1.82, 2.24) is 14.5 Å². The molecule has 1 amide bonds. The molecule has 18 heavy (non-hydrogen) atoms. The zero-order valence-electron chi connectivity index (χ0n) is 10.6. The third-order valence-electron chi connectivity index (χ3n) is 4.20. The summed E-state index contributed by atoms with van der Waals surface area (Å²) in [7, 11) is 0. The zero-order valence-corrected chi connectivity index (χ0v) is 10.6. The Hall–Kier alpha value is -1.36. The van der Waals surface area contributed by atoms with Gasteiger partial charge in [0, 0.05) is 38.3 Å². The molecule has 1 aromatic heterocycles. The predicted molar refractivity (Wildman–Crippen MR) is 68.3 cm³/mol. The molecule has 2 aliphatic rings. The second-order valence-electron chi connectivity index (χ2n) is 5.32. The van der Waals surface area contributed by atoms with Crippen LogP contribution in [0, 0.1) is 0 Å². The largest absolute Gasteiger partial charge is 0.364 e. The first-order valence-corrected chi connectivity index (χ1v) is 6.84. The van der Waals surface area contributed by atoms with Crippen LogP contribution in [-0.2, 0) is 13.0 Å². The Labute approximate surface area is 107 Å². The van der Waals surface area contributed by atoms with E-state index in [4.69, 9.17) is 5.73 Å². The lowest BCUT2D eigenvalue weighted by Crippen LogP contribution is -2.35. The molecular weight excluding hydrogens is 228 g/mol. The van der Waals surface area contributed by atoms with E-state index in [1.54, 1.807) is 6.20 Å². The van der Waals surface area contributed by atoms with E-state index in [0.717, 1.165) is 37.9 Å². The van der Waals surface area contributed by atoms with E-state index >= 15 is 0 Å². The van der Waals surface area contributed by atoms with Crippen molar-refractivity contribution in [1.29, 1.82) is 0 Å². The maximum Gasteiger partial charge on any atom is 0.268 e. The van der Waals surface area contributed by atoms with Crippen molar-refractivity contribution in [2.24, 2.45) is 5.73 Å². The summed E-state index contributed by atoms with van der Waals surface area (Å²) in [6.45, 7) is 3.04. The van der Waals surface area contributed by atoms with E-state index in [1.165, 1.54) is 25.7 Å². The van der Waals surface area contributed by atoms with E-state index in [0.29, 0.717) is 5.69 Å². The number of imidazole rings is 1. The van der Waals surface area contributed by atoms with Crippen LogP contribution in [-0.4, -0.2) is 39.5 Å². The molecule has 1 aliphatic carbocycles. The lowest BCUT2D eigenvalue weighted by Gasteiger charge is -2.26. The number of nitrogens with zero attached hydrogens (tertiary/aromatic N) is 3. The van der Waals surface area contributed by atoms with Crippen LogP contribution >= 0.6 is 0 Å². The SMILES string of the molecule is NC(=O)c1cn2c(n1)CCN(C1CCCC1)CC2. The number of nitrogens with two attached hydrogens (primary N) is 1. The molecule has 0 unspecified atom stereocenters. The van der Waals surface area contributed by atoms with Gasteiger partial charge in [-0.2, -0.15) is 0 Å². The molecule has 1 aromatic rings. The molecule has 0 spiro atoms. The minimum absolute atomic E-state index is 0.402. The number of amides is 1. The van der Waals surface area contributed by atoms with Crippen molar-refractivity contribution >= 4 is 5.91 Å². The first-order chi connectivity index (χ1) is 8.74. The first kappa shape index (κ1) is 11.7. The highest BCUT2D eigenvalue weighted by Gasteiger charge is 2.25. The third kappa shape index (κ3) is 2.14. The van der Waals surface area contributed by atoms with Crippen molar-refractivity contribution in [3.63, 3.8) is 0 Å². The van der Waals surface area contributed by atoms with Crippen molar-refractivity contribution in [2.45, 2.75) is 44.7 Å². The van der Waals surface area contributed by atoms with Gasteiger partial charge in [-0.3, -0.25) is 9.69 Å². The van der Waals surface area contributed by atoms with E-state index in [2.05, 4.69) is 14.5 Å². The van der Waals surface area contributed by atoms with Crippen LogP contribution in [0.3, 0.4) is 0 Å². The van der Waals surface area contributed by atoms with Gasteiger partial charge in [-0.15, -0.1) is 0 Å². The summed E-state index contributed by atoms with van der Waals surface area (Å²) in [5.74, 6) is 0.576. The first-order valence-electron chi connectivity index (χ1n) is 6.84. The van der Waals surface area contributed by atoms with E-state index in [9.17, 15) is 4.79 Å². The van der Waals surface area contributed by atoms with Gasteiger partial charge in [-0.25, -0.2) is 4.98 Å². The lowest BCUT2D eigenvalue weighted by atomic mass is 10.2. The maximum atomic E-state index is 11.1. The molecule has 1 saturated carbocycles. The molecule has 1 aliphatic heterocycles. The molecule has 98 valence electrons. The molecule has 0 atom stereocenters. The quantitative estimate of drug-likeness (QED) is 0.841. The van der Waals surface area contributed by atoms with Crippen LogP contribution in [0.5, 0.6) is 0 Å². The Kier molecular flexibility index (Phi) is 3.07. The summed E-state index contributed by atoms with van der Waals surface area (Å²) in [5, 5.41) is 0. The number of rotatable bonds is 2. The summed E-state index contributed by atoms with van der Waals surface area (Å²) in [4.78, 5) is 18.0. The van der Waals surface area contributed by atoms with E-state index in [-0.39, 0.29) is 0 Å². The lowest BCUT2D eigenvalue weighted by molar-refractivity contribution is 0.0995. The third-order valence-corrected chi connectivity index (χ3v) is 4.20. The van der Waals surface area contributed by atoms with Gasteiger partial charge in [0.2, 0.25) is 0 Å². The highest BCUT2D eigenvalue weighted by Crippen LogP contribution is 2.24. The molecule has 1 fully saturated rings. The summed E-state index contributed by atoms with van der Waals surface area (Å²) in [6.07, 6.45) is 8.15. The van der Waals surface area contributed by atoms with Crippen LogP contribution in [0.2, 0.25) is 0 Å². The highest BCUT2D eigenvalue weighted by molar-refractivity contribution is 5.90. The highest BCUT2D eigenvalue weighted by atomic mass is 16.1. The Bertz CT molecular complexity index is 422. The fourth-order valence-corrected chi connectivity index (χ4v) is 3.19. The average Bonchev–Trinajstić information content (AvgIpc) is 2.96. The minimum atomic E-state index is -0.428. The van der Waals surface area contributed by atoms with Gasteiger partial charge in [-0.05, 0) is 12.8 Å². The topological polar surface area (TPSA) is 64.2 Å². The molecule has 0 radical (unpaired) electrons. The molecule has 0 bridgehead atoms. The Morgan fingerprint density at radius 1 is 1.28 bits per heavy atom. The van der Waals surface area contributed by atoms with Crippen molar-refractivity contribution < 1.29 is 4.79 Å². The van der Waals surface area contributed by atoms with Gasteiger partial charge in [0.05, 0.1) is 0 Å². The van der Waals surface area contributed by atoms with Gasteiger partial charge in [0.1, 0.15) is 11.5 Å². The molecule has 3 rings (SSSR count). The van der Waals surface area contributed by atoms with Crippen LogP contribution in [0.25, 0.3) is 0 Å². The molecule has 0 saturated heterocycles. The Morgan fingerprint density at radius 2 is 2.06 bits per heavy atom. The van der Waals surface area contributed by atoms with Gasteiger partial charge in [-0.1, -0.05) is 12.8 Å². The molecule has 2 heterocycles. The average molecular weight is 248 g/mol. The summed E-state index contributed by atoms with van der Waals surface area (Å²) >= 11 is 0. The smallest absolute Gasteiger partial charge is 0.268 e. The second kappa shape index (κ2) is 4.72. The minimum Gasteiger partial charge on any atom is -0.364 e. The number of carbonyl (C=O) groups excluding carboxylic acids is 1. The maximum absolute atomic E-state index is 11.1. The fourth-order valence-electron chi connectivity index (χ4n) is 3.19. The van der Waals surface area contributed by atoms with Crippen LogP contribution in [0.15, 0.2) is 6.20 Å². The fraction of sp³-hybridized carbons (Fsp3) is 0.692. The van der Waals surface area contributed by atoms with Gasteiger partial charge in [0.15, 0.2) is 0 Å². The van der Waals surface area contributed by atoms with Gasteiger partial charge < -0.3 is 10.3 Å². The van der Waals surface area contributed by atoms with Crippen LogP contribution < -0.4 is 5.73 Å². The van der Waals surface area contributed by atoms with E-state index in [1.807, 2.05) is 0 Å². The molecule has 5 heteroatoms. The summed E-state index contributed by atoms with van der Waals surface area (Å²) in [6, 6.07) is 0.769. The molecule has 2 N–H and O–H groups in total. The second-order valence-corrected chi connectivity index (χ2v) is 5.32. The Balaban J connectivity index is 1.71. The number of hydrogen-bond acceptors (Lipinski definition) is 3. The van der Waals surface area contributed by atoms with E-state index < -0.39 is 5.91 Å². The molecular formula is C13H20N4O. The molecule has 5 nitrogen and oxygen atoms in total. The number of primary amides is 1. The predicted octanol–water partition coefficient (Wildman–Crippen LogP) is 0.783. The molecule has 0 aromatic carbocycles. The van der Waals surface area contributed by atoms with Gasteiger partial charge >= 0.3 is 0 Å². The summed E-state index contributed by atoms with van der Waals surface area (Å²) in [5.41, 5.74) is 5.67. The van der Waals surface area contributed by atoms with Gasteiger partial charge in [0.25, 0.3) is 5.91 Å². The van der Waals surface area contributed by atoms with Crippen molar-refractivity contribution in [3.05, 3.63) is 17.7 Å². The summed E-state index contributed by atoms with van der Waals surface area (Å²) < 4.78 is 2.09. The normalized spacial score (nSPS) is 21.8. The number of aromatic nitrogens is 2. The number of hydrogen-bond donors (Lipinski definition) is 1. The Morgan fingerprint density at radius 3 is 2.78 bits per heavy atom. The van der Waals surface area contributed by atoms with Crippen LogP contribution in [0.4, 0.5) is 0 Å². The van der Waals surface area contributed by atoms with Crippen LogP contribution in [0.1, 0.15) is 42.0 Å². The zero-order chi connectivity index (χ0) is 12.5. The van der Waals surface area contributed by atoms with Crippen molar-refractivity contribution in [3.8, 4) is 0 Å². The standard InChI is InChI=1S/C13H20N4O/c14-13(18)11-9-17-8-7-16(6-5-12(17)15-11)10-3-1-2-4-10/h9-10H,1-8H2,(H2,14,18).